The van der Waals surface area contributed by atoms with E-state index in [0.717, 1.165) is 39.7 Å². The summed E-state index contributed by atoms with van der Waals surface area (Å²) in [5, 5.41) is 12.5. The van der Waals surface area contributed by atoms with E-state index < -0.39 is 0 Å². The number of benzene rings is 4. The van der Waals surface area contributed by atoms with Crippen molar-refractivity contribution >= 4 is 21.8 Å². The predicted molar refractivity (Wildman–Crippen MR) is 148 cm³/mol. The number of aryl methyl sites for hydroxylation is 2. The van der Waals surface area contributed by atoms with Crippen LogP contribution in [0.4, 0.5) is 0 Å². The number of para-hydroxylation sites is 2. The Hall–Kier alpha value is -4.55. The molecule has 2 aromatic heterocycles. The first-order valence-corrected chi connectivity index (χ1v) is 12.3. The summed E-state index contributed by atoms with van der Waals surface area (Å²) >= 11 is 0. The van der Waals surface area contributed by atoms with Gasteiger partial charge in [-0.25, -0.2) is 0 Å². The van der Waals surface area contributed by atoms with Crippen molar-refractivity contribution in [3.63, 3.8) is 0 Å². The molecule has 0 saturated heterocycles. The SMILES string of the molecule is Cc1cccc(Cn2cc(-c3c(C#N)c4ccccc4n3Cc3cccc(C)c3)c3ccccc32)c1. The van der Waals surface area contributed by atoms with Gasteiger partial charge in [0, 0.05) is 41.1 Å². The molecule has 0 saturated carbocycles. The van der Waals surface area contributed by atoms with E-state index in [-0.39, 0.29) is 0 Å². The minimum atomic E-state index is 0.705. The average Bonchev–Trinajstić information content (AvgIpc) is 3.39. The van der Waals surface area contributed by atoms with E-state index >= 15 is 0 Å². The Morgan fingerprint density at radius 2 is 1.28 bits per heavy atom. The third-order valence-electron chi connectivity index (χ3n) is 6.98. The number of hydrogen-bond donors (Lipinski definition) is 0. The fourth-order valence-electron chi connectivity index (χ4n) is 5.43. The Morgan fingerprint density at radius 3 is 1.94 bits per heavy atom. The fraction of sp³-hybridized carbons (Fsp3) is 0.121. The molecule has 0 radical (unpaired) electrons. The van der Waals surface area contributed by atoms with Crippen molar-refractivity contribution in [2.24, 2.45) is 0 Å². The van der Waals surface area contributed by atoms with Gasteiger partial charge in [0.2, 0.25) is 0 Å². The summed E-state index contributed by atoms with van der Waals surface area (Å²) in [6.07, 6.45) is 2.23. The zero-order valence-corrected chi connectivity index (χ0v) is 20.6. The summed E-state index contributed by atoms with van der Waals surface area (Å²) < 4.78 is 4.64. The zero-order chi connectivity index (χ0) is 24.6. The van der Waals surface area contributed by atoms with Gasteiger partial charge in [0.1, 0.15) is 6.07 Å². The molecule has 3 nitrogen and oxygen atoms in total. The van der Waals surface area contributed by atoms with Crippen molar-refractivity contribution in [1.29, 1.82) is 5.26 Å². The Kier molecular flexibility index (Phi) is 5.43. The molecular weight excluding hydrogens is 438 g/mol. The van der Waals surface area contributed by atoms with Crippen LogP contribution >= 0.6 is 0 Å². The van der Waals surface area contributed by atoms with Crippen LogP contribution in [0.1, 0.15) is 27.8 Å². The molecule has 0 N–H and O–H groups in total. The molecule has 4 aromatic carbocycles. The van der Waals surface area contributed by atoms with Crippen molar-refractivity contribution in [3.05, 3.63) is 131 Å². The van der Waals surface area contributed by atoms with Gasteiger partial charge in [-0.1, -0.05) is 96.1 Å². The van der Waals surface area contributed by atoms with Gasteiger partial charge in [-0.05, 0) is 37.1 Å². The monoisotopic (exact) mass is 465 g/mol. The van der Waals surface area contributed by atoms with E-state index in [1.165, 1.54) is 27.8 Å². The van der Waals surface area contributed by atoms with Gasteiger partial charge in [-0.3, -0.25) is 0 Å². The van der Waals surface area contributed by atoms with Crippen LogP contribution in [0, 0.1) is 25.2 Å². The standard InChI is InChI=1S/C33H27N3/c1-23-9-7-11-25(17-23)20-35-22-30(28-14-3-5-15-31(28)35)33-29(19-34)27-13-4-6-16-32(27)36(33)21-26-12-8-10-24(2)18-26/h3-18,22H,20-21H2,1-2H3. The molecule has 174 valence electrons. The van der Waals surface area contributed by atoms with E-state index in [1.807, 2.05) is 6.07 Å². The van der Waals surface area contributed by atoms with Crippen LogP contribution < -0.4 is 0 Å². The Morgan fingerprint density at radius 1 is 0.667 bits per heavy atom. The van der Waals surface area contributed by atoms with Gasteiger partial charge in [-0.15, -0.1) is 0 Å². The second-order valence-electron chi connectivity index (χ2n) is 9.60. The van der Waals surface area contributed by atoms with Crippen molar-refractivity contribution in [1.82, 2.24) is 9.13 Å². The highest BCUT2D eigenvalue weighted by molar-refractivity contribution is 6.02. The lowest BCUT2D eigenvalue weighted by Gasteiger charge is -2.12. The summed E-state index contributed by atoms with van der Waals surface area (Å²) in [7, 11) is 0. The molecule has 0 fully saturated rings. The molecule has 3 heteroatoms. The number of rotatable bonds is 5. The molecule has 0 aliphatic heterocycles. The van der Waals surface area contributed by atoms with Gasteiger partial charge in [-0.2, -0.15) is 5.26 Å². The van der Waals surface area contributed by atoms with E-state index in [0.29, 0.717) is 6.54 Å². The highest BCUT2D eigenvalue weighted by Crippen LogP contribution is 2.39. The molecule has 0 aliphatic rings. The number of hydrogen-bond acceptors (Lipinski definition) is 1. The van der Waals surface area contributed by atoms with E-state index in [1.54, 1.807) is 0 Å². The molecule has 0 spiro atoms. The molecule has 6 aromatic rings. The van der Waals surface area contributed by atoms with Crippen molar-refractivity contribution in [2.45, 2.75) is 26.9 Å². The van der Waals surface area contributed by atoms with E-state index in [4.69, 9.17) is 0 Å². The van der Waals surface area contributed by atoms with Crippen LogP contribution in [0.3, 0.4) is 0 Å². The first kappa shape index (κ1) is 21.9. The maximum Gasteiger partial charge on any atom is 0.102 e. The van der Waals surface area contributed by atoms with Crippen LogP contribution in [0.15, 0.2) is 103 Å². The summed E-state index contributed by atoms with van der Waals surface area (Å²) in [5.41, 5.74) is 10.1. The lowest BCUT2D eigenvalue weighted by atomic mass is 10.0. The smallest absolute Gasteiger partial charge is 0.102 e. The van der Waals surface area contributed by atoms with Crippen LogP contribution in [0.25, 0.3) is 33.1 Å². The topological polar surface area (TPSA) is 33.6 Å². The highest BCUT2D eigenvalue weighted by atomic mass is 15.0. The van der Waals surface area contributed by atoms with Gasteiger partial charge in [0.25, 0.3) is 0 Å². The average molecular weight is 466 g/mol. The summed E-state index contributed by atoms with van der Waals surface area (Å²) in [6, 6.07) is 36.6. The van der Waals surface area contributed by atoms with Crippen LogP contribution in [-0.2, 0) is 13.1 Å². The third kappa shape index (κ3) is 3.78. The third-order valence-corrected chi connectivity index (χ3v) is 6.98. The number of fused-ring (bicyclic) bond motifs is 2. The lowest BCUT2D eigenvalue weighted by Crippen LogP contribution is -2.02. The second kappa shape index (κ2) is 8.91. The van der Waals surface area contributed by atoms with Gasteiger partial charge < -0.3 is 9.13 Å². The maximum absolute atomic E-state index is 10.4. The highest BCUT2D eigenvalue weighted by Gasteiger charge is 2.22. The quantitative estimate of drug-likeness (QED) is 0.255. The van der Waals surface area contributed by atoms with Crippen LogP contribution in [-0.4, -0.2) is 9.13 Å². The van der Waals surface area contributed by atoms with Gasteiger partial charge >= 0.3 is 0 Å². The van der Waals surface area contributed by atoms with Gasteiger partial charge in [0.15, 0.2) is 0 Å². The normalized spacial score (nSPS) is 11.2. The Balaban J connectivity index is 1.60. The number of nitrogens with zero attached hydrogens (tertiary/aromatic N) is 3. The van der Waals surface area contributed by atoms with Crippen molar-refractivity contribution < 1.29 is 0 Å². The molecule has 0 aliphatic carbocycles. The van der Waals surface area contributed by atoms with Crippen molar-refractivity contribution in [2.75, 3.05) is 0 Å². The molecular formula is C33H27N3. The summed E-state index contributed by atoms with van der Waals surface area (Å²) in [6.45, 7) is 5.74. The van der Waals surface area contributed by atoms with E-state index in [2.05, 4.69) is 126 Å². The second-order valence-corrected chi connectivity index (χ2v) is 9.60. The summed E-state index contributed by atoms with van der Waals surface area (Å²) in [4.78, 5) is 0. The lowest BCUT2D eigenvalue weighted by molar-refractivity contribution is 0.827. The first-order valence-electron chi connectivity index (χ1n) is 12.3. The maximum atomic E-state index is 10.4. The minimum absolute atomic E-state index is 0.705. The van der Waals surface area contributed by atoms with E-state index in [9.17, 15) is 5.26 Å². The molecule has 0 atom stereocenters. The minimum Gasteiger partial charge on any atom is -0.342 e. The Bertz CT molecular complexity index is 1770. The largest absolute Gasteiger partial charge is 0.342 e. The molecule has 6 rings (SSSR count). The van der Waals surface area contributed by atoms with Crippen LogP contribution in [0.5, 0.6) is 0 Å². The predicted octanol–water partition coefficient (Wildman–Crippen LogP) is 7.85. The number of aromatic nitrogens is 2. The molecule has 0 amide bonds. The molecule has 2 heterocycles. The number of nitriles is 1. The molecule has 36 heavy (non-hydrogen) atoms. The first-order chi connectivity index (χ1) is 17.6. The summed E-state index contributed by atoms with van der Waals surface area (Å²) in [5.74, 6) is 0. The fourth-order valence-corrected chi connectivity index (χ4v) is 5.43. The van der Waals surface area contributed by atoms with Gasteiger partial charge in [0.05, 0.1) is 16.8 Å². The zero-order valence-electron chi connectivity index (χ0n) is 20.6. The van der Waals surface area contributed by atoms with Crippen molar-refractivity contribution in [3.8, 4) is 17.3 Å². The molecule has 0 unspecified atom stereocenters. The van der Waals surface area contributed by atoms with Crippen LogP contribution in [0.2, 0.25) is 0 Å². The molecule has 0 bridgehead atoms. The Labute approximate surface area is 211 Å².